The molecule has 0 saturated heterocycles. The molecular weight excluding hydrogens is 368 g/mol. The molecule has 0 saturated carbocycles. The van der Waals surface area contributed by atoms with Crippen molar-refractivity contribution in [2.45, 2.75) is 0 Å². The lowest BCUT2D eigenvalue weighted by Crippen LogP contribution is -2.08. The Morgan fingerprint density at radius 3 is 2.00 bits per heavy atom. The molecule has 0 spiro atoms. The SMILES string of the molecule is COCCOc1cc(OC=O)ccc1-c1ccc(C(=O)O)cc1OCCOC. The average Bonchev–Trinajstić information content (AvgIpc) is 2.69. The van der Waals surface area contributed by atoms with E-state index in [4.69, 9.17) is 23.7 Å². The normalized spacial score (nSPS) is 10.4. The van der Waals surface area contributed by atoms with Gasteiger partial charge in [0, 0.05) is 31.4 Å². The monoisotopic (exact) mass is 390 g/mol. The molecule has 0 aliphatic heterocycles. The number of carboxylic acid groups (broad SMARTS) is 1. The first-order valence-corrected chi connectivity index (χ1v) is 8.46. The molecule has 0 fully saturated rings. The first-order chi connectivity index (χ1) is 13.6. The van der Waals surface area contributed by atoms with Crippen molar-refractivity contribution in [3.63, 3.8) is 0 Å². The van der Waals surface area contributed by atoms with Crippen LogP contribution in [0.3, 0.4) is 0 Å². The van der Waals surface area contributed by atoms with Crippen molar-refractivity contribution >= 4 is 12.4 Å². The highest BCUT2D eigenvalue weighted by atomic mass is 16.5. The first kappa shape index (κ1) is 21.2. The van der Waals surface area contributed by atoms with E-state index < -0.39 is 5.97 Å². The molecule has 0 aliphatic carbocycles. The van der Waals surface area contributed by atoms with Gasteiger partial charge in [0.2, 0.25) is 0 Å². The van der Waals surface area contributed by atoms with Crippen LogP contribution >= 0.6 is 0 Å². The van der Waals surface area contributed by atoms with Crippen LogP contribution in [0.5, 0.6) is 17.2 Å². The summed E-state index contributed by atoms with van der Waals surface area (Å²) in [6.07, 6.45) is 0. The van der Waals surface area contributed by atoms with Gasteiger partial charge in [-0.1, -0.05) is 0 Å². The van der Waals surface area contributed by atoms with Crippen molar-refractivity contribution in [1.82, 2.24) is 0 Å². The average molecular weight is 390 g/mol. The van der Waals surface area contributed by atoms with Gasteiger partial charge in [-0.2, -0.15) is 0 Å². The quantitative estimate of drug-likeness (QED) is 0.436. The zero-order valence-electron chi connectivity index (χ0n) is 15.7. The van der Waals surface area contributed by atoms with Gasteiger partial charge in [0.05, 0.1) is 18.8 Å². The fraction of sp³-hybridized carbons (Fsp3) is 0.300. The van der Waals surface area contributed by atoms with Crippen LogP contribution in [0.25, 0.3) is 11.1 Å². The summed E-state index contributed by atoms with van der Waals surface area (Å²) in [5.41, 5.74) is 1.38. The van der Waals surface area contributed by atoms with Crippen molar-refractivity contribution in [1.29, 1.82) is 0 Å². The van der Waals surface area contributed by atoms with E-state index in [1.54, 1.807) is 38.5 Å². The lowest BCUT2D eigenvalue weighted by Gasteiger charge is -2.16. The Kier molecular flexibility index (Phi) is 8.26. The van der Waals surface area contributed by atoms with Gasteiger partial charge in [-0.25, -0.2) is 4.79 Å². The van der Waals surface area contributed by atoms with E-state index in [1.807, 2.05) is 0 Å². The number of carbonyl (C=O) groups excluding carboxylic acids is 1. The molecule has 2 aromatic carbocycles. The highest BCUT2D eigenvalue weighted by Crippen LogP contribution is 2.39. The lowest BCUT2D eigenvalue weighted by atomic mass is 10.0. The largest absolute Gasteiger partial charge is 0.491 e. The number of benzene rings is 2. The van der Waals surface area contributed by atoms with Gasteiger partial charge in [-0.3, -0.25) is 4.79 Å². The molecule has 150 valence electrons. The maximum atomic E-state index is 11.3. The zero-order valence-corrected chi connectivity index (χ0v) is 15.7. The minimum Gasteiger partial charge on any atom is -0.491 e. The third-order valence-electron chi connectivity index (χ3n) is 3.75. The van der Waals surface area contributed by atoms with E-state index in [9.17, 15) is 14.7 Å². The van der Waals surface area contributed by atoms with E-state index >= 15 is 0 Å². The molecular formula is C20H22O8. The topological polar surface area (TPSA) is 101 Å². The molecule has 0 atom stereocenters. The molecule has 1 N–H and O–H groups in total. The van der Waals surface area contributed by atoms with Crippen LogP contribution in [0.1, 0.15) is 10.4 Å². The van der Waals surface area contributed by atoms with Crippen LogP contribution in [0, 0.1) is 0 Å². The van der Waals surface area contributed by atoms with Gasteiger partial charge in [-0.15, -0.1) is 0 Å². The summed E-state index contributed by atoms with van der Waals surface area (Å²) < 4.78 is 26.4. The first-order valence-electron chi connectivity index (χ1n) is 8.46. The van der Waals surface area contributed by atoms with Gasteiger partial charge in [0.1, 0.15) is 30.5 Å². The van der Waals surface area contributed by atoms with Crippen LogP contribution < -0.4 is 14.2 Å². The smallest absolute Gasteiger partial charge is 0.335 e. The number of carbonyl (C=O) groups is 2. The Morgan fingerprint density at radius 1 is 0.893 bits per heavy atom. The van der Waals surface area contributed by atoms with E-state index in [1.165, 1.54) is 12.1 Å². The van der Waals surface area contributed by atoms with Crippen LogP contribution in [-0.4, -0.2) is 58.2 Å². The highest BCUT2D eigenvalue weighted by molar-refractivity contribution is 5.90. The summed E-state index contributed by atoms with van der Waals surface area (Å²) >= 11 is 0. The second-order valence-electron chi connectivity index (χ2n) is 5.57. The predicted octanol–water partition coefficient (Wildman–Crippen LogP) is 2.64. The molecule has 0 radical (unpaired) electrons. The number of aromatic carboxylic acids is 1. The molecule has 8 heteroatoms. The molecule has 0 bridgehead atoms. The Labute approximate surface area is 162 Å². The maximum Gasteiger partial charge on any atom is 0.335 e. The summed E-state index contributed by atoms with van der Waals surface area (Å²) in [5, 5.41) is 9.27. The predicted molar refractivity (Wildman–Crippen MR) is 100 cm³/mol. The highest BCUT2D eigenvalue weighted by Gasteiger charge is 2.16. The number of ether oxygens (including phenoxy) is 5. The third kappa shape index (κ3) is 5.70. The number of rotatable bonds is 12. The molecule has 2 rings (SSSR count). The summed E-state index contributed by atoms with van der Waals surface area (Å²) in [5.74, 6) is 0.0679. The third-order valence-corrected chi connectivity index (χ3v) is 3.75. The number of carboxylic acids is 1. The molecule has 28 heavy (non-hydrogen) atoms. The van der Waals surface area contributed by atoms with Crippen LogP contribution in [0.15, 0.2) is 36.4 Å². The maximum absolute atomic E-state index is 11.3. The molecule has 8 nitrogen and oxygen atoms in total. The molecule has 2 aromatic rings. The summed E-state index contributed by atoms with van der Waals surface area (Å²) in [4.78, 5) is 22.0. The van der Waals surface area contributed by atoms with E-state index in [0.29, 0.717) is 48.1 Å². The van der Waals surface area contributed by atoms with Crippen LogP contribution in [0.4, 0.5) is 0 Å². The second kappa shape index (κ2) is 10.9. The van der Waals surface area contributed by atoms with Gasteiger partial charge in [0.25, 0.3) is 6.47 Å². The van der Waals surface area contributed by atoms with Gasteiger partial charge in [-0.05, 0) is 30.3 Å². The van der Waals surface area contributed by atoms with Crippen molar-refractivity contribution in [2.75, 3.05) is 40.6 Å². The van der Waals surface area contributed by atoms with Crippen molar-refractivity contribution in [2.24, 2.45) is 0 Å². The van der Waals surface area contributed by atoms with Crippen molar-refractivity contribution in [3.8, 4) is 28.4 Å². The van der Waals surface area contributed by atoms with Gasteiger partial charge in [0.15, 0.2) is 0 Å². The zero-order chi connectivity index (χ0) is 20.4. The minimum absolute atomic E-state index is 0.0962. The summed E-state index contributed by atoms with van der Waals surface area (Å²) in [7, 11) is 3.11. The van der Waals surface area contributed by atoms with E-state index in [-0.39, 0.29) is 18.8 Å². The number of hydrogen-bond acceptors (Lipinski definition) is 7. The number of hydrogen-bond donors (Lipinski definition) is 1. The van der Waals surface area contributed by atoms with Crippen molar-refractivity contribution in [3.05, 3.63) is 42.0 Å². The van der Waals surface area contributed by atoms with Gasteiger partial charge < -0.3 is 28.8 Å². The Morgan fingerprint density at radius 2 is 1.46 bits per heavy atom. The van der Waals surface area contributed by atoms with Gasteiger partial charge >= 0.3 is 5.97 Å². The molecule has 0 unspecified atom stereocenters. The minimum atomic E-state index is -1.06. The molecule has 0 aliphatic rings. The van der Waals surface area contributed by atoms with Crippen LogP contribution in [0.2, 0.25) is 0 Å². The Balaban J connectivity index is 2.47. The van der Waals surface area contributed by atoms with E-state index in [0.717, 1.165) is 0 Å². The Hall–Kier alpha value is -3.10. The van der Waals surface area contributed by atoms with Crippen molar-refractivity contribution < 1.29 is 38.4 Å². The standard InChI is InChI=1S/C20H22O8/c1-24-7-9-26-18-11-14(20(22)23)3-5-16(18)17-6-4-15(28-13-21)12-19(17)27-10-8-25-2/h3-6,11-13H,7-10H2,1-2H3,(H,22,23). The summed E-state index contributed by atoms with van der Waals surface area (Å²) in [6, 6.07) is 9.46. The molecule has 0 heterocycles. The lowest BCUT2D eigenvalue weighted by molar-refractivity contribution is -0.120. The fourth-order valence-electron chi connectivity index (χ4n) is 2.44. The number of methoxy groups -OCH3 is 2. The Bertz CT molecular complexity index is 803. The van der Waals surface area contributed by atoms with Crippen LogP contribution in [-0.2, 0) is 14.3 Å². The summed E-state index contributed by atoms with van der Waals surface area (Å²) in [6.45, 7) is 1.57. The van der Waals surface area contributed by atoms with E-state index in [2.05, 4.69) is 0 Å². The second-order valence-corrected chi connectivity index (χ2v) is 5.57. The fourth-order valence-corrected chi connectivity index (χ4v) is 2.44. The molecule has 0 aromatic heterocycles. The molecule has 0 amide bonds.